The Balaban J connectivity index is 2.82. The van der Waals surface area contributed by atoms with Gasteiger partial charge in [-0.1, -0.05) is 13.0 Å². The van der Waals surface area contributed by atoms with Crippen molar-refractivity contribution < 1.29 is 19.1 Å². The minimum atomic E-state index is -1.09. The first-order valence-corrected chi connectivity index (χ1v) is 4.83. The van der Waals surface area contributed by atoms with Crippen LogP contribution in [0, 0.1) is 5.82 Å². The Hall–Kier alpha value is -1.91. The summed E-state index contributed by atoms with van der Waals surface area (Å²) in [6.45, 7) is 1.69. The van der Waals surface area contributed by atoms with Crippen molar-refractivity contribution in [3.05, 3.63) is 29.6 Å². The molecule has 0 heterocycles. The predicted octanol–water partition coefficient (Wildman–Crippen LogP) is 1.80. The summed E-state index contributed by atoms with van der Waals surface area (Å²) in [5.41, 5.74) is 0.431. The minimum absolute atomic E-state index is 0.0991. The number of hydrogen-bond acceptors (Lipinski definition) is 2. The van der Waals surface area contributed by atoms with Crippen LogP contribution in [0.3, 0.4) is 0 Å². The molecule has 2 N–H and O–H groups in total. The standard InChI is InChI=1S/C11H12FNO3/c1-2-10(14)13-8-4-3-7(5-11(15)16)9(12)6-8/h3-4,6H,2,5H2,1H3,(H,13,14)(H,15,16). The maximum Gasteiger partial charge on any atom is 0.307 e. The Morgan fingerprint density at radius 3 is 2.62 bits per heavy atom. The third-order valence-corrected chi connectivity index (χ3v) is 2.00. The van der Waals surface area contributed by atoms with Crippen molar-refractivity contribution in [2.45, 2.75) is 19.8 Å². The Labute approximate surface area is 92.1 Å². The summed E-state index contributed by atoms with van der Waals surface area (Å²) >= 11 is 0. The summed E-state index contributed by atoms with van der Waals surface area (Å²) in [7, 11) is 0. The predicted molar refractivity (Wildman–Crippen MR) is 56.7 cm³/mol. The molecule has 4 nitrogen and oxygen atoms in total. The number of carboxylic acids is 1. The summed E-state index contributed by atoms with van der Waals surface area (Å²) in [5.74, 6) is -1.94. The van der Waals surface area contributed by atoms with Gasteiger partial charge in [-0.3, -0.25) is 9.59 Å². The summed E-state index contributed by atoms with van der Waals surface area (Å²) < 4.78 is 13.4. The lowest BCUT2D eigenvalue weighted by molar-refractivity contribution is -0.136. The molecule has 0 saturated heterocycles. The molecule has 16 heavy (non-hydrogen) atoms. The van der Waals surface area contributed by atoms with E-state index >= 15 is 0 Å². The Morgan fingerprint density at radius 2 is 2.12 bits per heavy atom. The Bertz CT molecular complexity index is 418. The molecule has 1 aromatic carbocycles. The molecule has 0 aliphatic carbocycles. The fourth-order valence-corrected chi connectivity index (χ4v) is 1.18. The number of benzene rings is 1. The molecule has 0 aliphatic rings. The average Bonchev–Trinajstić information content (AvgIpc) is 2.21. The smallest absolute Gasteiger partial charge is 0.307 e. The highest BCUT2D eigenvalue weighted by Crippen LogP contribution is 2.15. The zero-order chi connectivity index (χ0) is 12.1. The van der Waals surface area contributed by atoms with Crippen LogP contribution in [0.25, 0.3) is 0 Å². The zero-order valence-electron chi connectivity index (χ0n) is 8.79. The molecule has 0 bridgehead atoms. The van der Waals surface area contributed by atoms with Gasteiger partial charge in [-0.25, -0.2) is 4.39 Å². The molecule has 0 atom stereocenters. The van der Waals surface area contributed by atoms with Crippen molar-refractivity contribution in [2.24, 2.45) is 0 Å². The van der Waals surface area contributed by atoms with E-state index in [-0.39, 0.29) is 17.9 Å². The fraction of sp³-hybridized carbons (Fsp3) is 0.273. The van der Waals surface area contributed by atoms with Gasteiger partial charge in [0.2, 0.25) is 5.91 Å². The normalized spacial score (nSPS) is 9.88. The number of anilines is 1. The monoisotopic (exact) mass is 225 g/mol. The summed E-state index contributed by atoms with van der Waals surface area (Å²) in [6, 6.07) is 3.95. The van der Waals surface area contributed by atoms with Gasteiger partial charge in [0.05, 0.1) is 6.42 Å². The third-order valence-electron chi connectivity index (χ3n) is 2.00. The number of aliphatic carboxylic acids is 1. The lowest BCUT2D eigenvalue weighted by Gasteiger charge is -2.05. The van der Waals surface area contributed by atoms with Gasteiger partial charge in [0.15, 0.2) is 0 Å². The Morgan fingerprint density at radius 1 is 1.44 bits per heavy atom. The van der Waals surface area contributed by atoms with Crippen LogP contribution in [-0.4, -0.2) is 17.0 Å². The summed E-state index contributed by atoms with van der Waals surface area (Å²) in [4.78, 5) is 21.4. The van der Waals surface area contributed by atoms with Crippen LogP contribution in [0.1, 0.15) is 18.9 Å². The van der Waals surface area contributed by atoms with E-state index in [1.807, 2.05) is 0 Å². The van der Waals surface area contributed by atoms with Crippen LogP contribution >= 0.6 is 0 Å². The van der Waals surface area contributed by atoms with Gasteiger partial charge >= 0.3 is 5.97 Å². The van der Waals surface area contributed by atoms with Gasteiger partial charge in [0, 0.05) is 12.1 Å². The highest BCUT2D eigenvalue weighted by Gasteiger charge is 2.08. The van der Waals surface area contributed by atoms with Crippen molar-refractivity contribution in [3.8, 4) is 0 Å². The summed E-state index contributed by atoms with van der Waals surface area (Å²) in [6.07, 6.45) is -0.0632. The topological polar surface area (TPSA) is 66.4 Å². The molecule has 5 heteroatoms. The third kappa shape index (κ3) is 3.34. The quantitative estimate of drug-likeness (QED) is 0.821. The molecular weight excluding hydrogens is 213 g/mol. The zero-order valence-corrected chi connectivity index (χ0v) is 8.79. The van der Waals surface area contributed by atoms with Crippen molar-refractivity contribution in [2.75, 3.05) is 5.32 Å². The van der Waals surface area contributed by atoms with E-state index in [4.69, 9.17) is 5.11 Å². The van der Waals surface area contributed by atoms with Gasteiger partial charge in [-0.15, -0.1) is 0 Å². The average molecular weight is 225 g/mol. The maximum atomic E-state index is 13.4. The molecule has 0 fully saturated rings. The molecule has 0 unspecified atom stereocenters. The van der Waals surface area contributed by atoms with Crippen LogP contribution in [0.15, 0.2) is 18.2 Å². The maximum absolute atomic E-state index is 13.4. The number of halogens is 1. The molecule has 1 rings (SSSR count). The lowest BCUT2D eigenvalue weighted by Crippen LogP contribution is -2.10. The second-order valence-corrected chi connectivity index (χ2v) is 3.28. The van der Waals surface area contributed by atoms with Crippen LogP contribution in [0.4, 0.5) is 10.1 Å². The molecule has 0 aromatic heterocycles. The van der Waals surface area contributed by atoms with Crippen molar-refractivity contribution in [1.82, 2.24) is 0 Å². The van der Waals surface area contributed by atoms with Gasteiger partial charge in [0.1, 0.15) is 5.82 Å². The van der Waals surface area contributed by atoms with Crippen LogP contribution in [0.5, 0.6) is 0 Å². The fourth-order valence-electron chi connectivity index (χ4n) is 1.18. The van der Waals surface area contributed by atoms with Crippen molar-refractivity contribution in [1.29, 1.82) is 0 Å². The number of carboxylic acid groups (broad SMARTS) is 1. The first kappa shape index (κ1) is 12.2. The van der Waals surface area contributed by atoms with Crippen LogP contribution in [0.2, 0.25) is 0 Å². The van der Waals surface area contributed by atoms with Crippen LogP contribution < -0.4 is 5.32 Å². The van der Waals surface area contributed by atoms with E-state index in [1.165, 1.54) is 12.1 Å². The van der Waals surface area contributed by atoms with Gasteiger partial charge in [0.25, 0.3) is 0 Å². The van der Waals surface area contributed by atoms with Crippen LogP contribution in [-0.2, 0) is 16.0 Å². The van der Waals surface area contributed by atoms with E-state index in [0.29, 0.717) is 12.1 Å². The highest BCUT2D eigenvalue weighted by atomic mass is 19.1. The molecule has 1 aromatic rings. The van der Waals surface area contributed by atoms with E-state index in [2.05, 4.69) is 5.32 Å². The van der Waals surface area contributed by atoms with Crippen molar-refractivity contribution in [3.63, 3.8) is 0 Å². The number of amides is 1. The van der Waals surface area contributed by atoms with E-state index < -0.39 is 11.8 Å². The SMILES string of the molecule is CCC(=O)Nc1ccc(CC(=O)O)c(F)c1. The lowest BCUT2D eigenvalue weighted by atomic mass is 10.1. The van der Waals surface area contributed by atoms with E-state index in [0.717, 1.165) is 6.07 Å². The van der Waals surface area contributed by atoms with E-state index in [9.17, 15) is 14.0 Å². The molecule has 0 saturated carbocycles. The molecule has 0 radical (unpaired) electrons. The molecule has 0 aliphatic heterocycles. The van der Waals surface area contributed by atoms with E-state index in [1.54, 1.807) is 6.92 Å². The summed E-state index contributed by atoms with van der Waals surface area (Å²) in [5, 5.41) is 11.0. The van der Waals surface area contributed by atoms with Gasteiger partial charge in [-0.2, -0.15) is 0 Å². The molecule has 0 spiro atoms. The van der Waals surface area contributed by atoms with Gasteiger partial charge in [-0.05, 0) is 17.7 Å². The number of hydrogen-bond donors (Lipinski definition) is 2. The number of nitrogens with one attached hydrogen (secondary N) is 1. The van der Waals surface area contributed by atoms with Crippen molar-refractivity contribution >= 4 is 17.6 Å². The number of carbonyl (C=O) groups is 2. The second kappa shape index (κ2) is 5.25. The molecule has 86 valence electrons. The second-order valence-electron chi connectivity index (χ2n) is 3.28. The number of carbonyl (C=O) groups excluding carboxylic acids is 1. The first-order chi connectivity index (χ1) is 7.52. The first-order valence-electron chi connectivity index (χ1n) is 4.83. The molecular formula is C11H12FNO3. The largest absolute Gasteiger partial charge is 0.481 e. The number of rotatable bonds is 4. The minimum Gasteiger partial charge on any atom is -0.481 e. The Kier molecular flexibility index (Phi) is 3.99. The molecule has 1 amide bonds. The highest BCUT2D eigenvalue weighted by molar-refractivity contribution is 5.90. The van der Waals surface area contributed by atoms with Gasteiger partial charge < -0.3 is 10.4 Å².